The molecule has 21 heavy (non-hydrogen) atoms. The Morgan fingerprint density at radius 1 is 1.29 bits per heavy atom. The standard InChI is InChI=1S/C10H11BrN4O4S2/c1-6-4-8(7(11)5-9(6)20(12,16)17)15-21(18,19)10-2-3-13-14-10/h2-5,15H,1H3,(H,13,14)(H2,12,16,17). The van der Waals surface area contributed by atoms with Crippen molar-refractivity contribution in [3.63, 3.8) is 0 Å². The summed E-state index contributed by atoms with van der Waals surface area (Å²) in [6.45, 7) is 1.51. The maximum Gasteiger partial charge on any atom is 0.278 e. The number of hydrogen-bond acceptors (Lipinski definition) is 5. The van der Waals surface area contributed by atoms with Gasteiger partial charge in [0.2, 0.25) is 10.0 Å². The van der Waals surface area contributed by atoms with Gasteiger partial charge in [0.15, 0.2) is 5.03 Å². The van der Waals surface area contributed by atoms with E-state index in [0.717, 1.165) is 0 Å². The topological polar surface area (TPSA) is 135 Å². The van der Waals surface area contributed by atoms with Crippen molar-refractivity contribution in [2.24, 2.45) is 5.14 Å². The number of nitrogens with one attached hydrogen (secondary N) is 2. The van der Waals surface area contributed by atoms with E-state index in [-0.39, 0.29) is 20.1 Å². The van der Waals surface area contributed by atoms with Crippen LogP contribution in [0, 0.1) is 6.92 Å². The van der Waals surface area contributed by atoms with Crippen LogP contribution in [0.25, 0.3) is 0 Å². The molecular formula is C10H11BrN4O4S2. The monoisotopic (exact) mass is 394 g/mol. The lowest BCUT2D eigenvalue weighted by molar-refractivity contribution is 0.596. The first-order valence-electron chi connectivity index (χ1n) is 5.46. The maximum absolute atomic E-state index is 12.1. The van der Waals surface area contributed by atoms with E-state index >= 15 is 0 Å². The van der Waals surface area contributed by atoms with Crippen molar-refractivity contribution in [3.8, 4) is 0 Å². The Balaban J connectivity index is 2.46. The Labute approximate surface area is 130 Å². The molecule has 0 saturated carbocycles. The zero-order valence-electron chi connectivity index (χ0n) is 10.7. The number of nitrogens with two attached hydrogens (primary N) is 1. The number of aromatic nitrogens is 2. The minimum atomic E-state index is -3.88. The highest BCUT2D eigenvalue weighted by atomic mass is 79.9. The number of benzene rings is 1. The second-order valence-electron chi connectivity index (χ2n) is 4.17. The van der Waals surface area contributed by atoms with Gasteiger partial charge in [-0.25, -0.2) is 13.6 Å². The molecule has 1 heterocycles. The molecule has 1 aromatic heterocycles. The van der Waals surface area contributed by atoms with Gasteiger partial charge in [0.05, 0.1) is 16.8 Å². The first kappa shape index (κ1) is 15.9. The highest BCUT2D eigenvalue weighted by Crippen LogP contribution is 2.29. The van der Waals surface area contributed by atoms with Crippen molar-refractivity contribution in [1.82, 2.24) is 10.2 Å². The number of H-pyrrole nitrogens is 1. The van der Waals surface area contributed by atoms with E-state index in [2.05, 4.69) is 30.8 Å². The van der Waals surface area contributed by atoms with Crippen LogP contribution in [-0.4, -0.2) is 27.0 Å². The molecule has 0 atom stereocenters. The summed E-state index contributed by atoms with van der Waals surface area (Å²) in [5.74, 6) is 0. The van der Waals surface area contributed by atoms with Gasteiger partial charge >= 0.3 is 0 Å². The third-order valence-electron chi connectivity index (χ3n) is 2.58. The lowest BCUT2D eigenvalue weighted by atomic mass is 10.2. The van der Waals surface area contributed by atoms with Crippen LogP contribution in [0.2, 0.25) is 0 Å². The van der Waals surface area contributed by atoms with Gasteiger partial charge in [-0.2, -0.15) is 13.5 Å². The Morgan fingerprint density at radius 3 is 2.48 bits per heavy atom. The molecule has 0 amide bonds. The molecule has 0 unspecified atom stereocenters. The van der Waals surface area contributed by atoms with E-state index in [0.29, 0.717) is 5.56 Å². The van der Waals surface area contributed by atoms with Crippen molar-refractivity contribution < 1.29 is 16.8 Å². The van der Waals surface area contributed by atoms with E-state index in [4.69, 9.17) is 5.14 Å². The average molecular weight is 395 g/mol. The number of hydrogen-bond donors (Lipinski definition) is 3. The van der Waals surface area contributed by atoms with E-state index in [1.54, 1.807) is 0 Å². The zero-order valence-corrected chi connectivity index (χ0v) is 13.9. The number of aryl methyl sites for hydroxylation is 1. The molecule has 114 valence electrons. The second kappa shape index (κ2) is 5.40. The van der Waals surface area contributed by atoms with E-state index in [9.17, 15) is 16.8 Å². The van der Waals surface area contributed by atoms with Crippen LogP contribution in [-0.2, 0) is 20.0 Å². The molecule has 2 aromatic rings. The van der Waals surface area contributed by atoms with Crippen LogP contribution >= 0.6 is 15.9 Å². The minimum absolute atomic E-state index is 0.0844. The maximum atomic E-state index is 12.1. The quantitative estimate of drug-likeness (QED) is 0.708. The van der Waals surface area contributed by atoms with Crippen molar-refractivity contribution >= 4 is 41.7 Å². The molecule has 0 aliphatic carbocycles. The van der Waals surface area contributed by atoms with Gasteiger partial charge in [-0.05, 0) is 46.6 Å². The molecule has 0 aliphatic heterocycles. The van der Waals surface area contributed by atoms with Crippen LogP contribution < -0.4 is 9.86 Å². The summed E-state index contributed by atoms with van der Waals surface area (Å²) >= 11 is 3.12. The third-order valence-corrected chi connectivity index (χ3v) is 5.58. The summed E-state index contributed by atoms with van der Waals surface area (Å²) in [7, 11) is -7.72. The summed E-state index contributed by atoms with van der Waals surface area (Å²) in [4.78, 5) is -0.0844. The Morgan fingerprint density at radius 2 is 1.95 bits per heavy atom. The number of halogens is 1. The SMILES string of the molecule is Cc1cc(NS(=O)(=O)c2ccn[nH]2)c(Br)cc1S(N)(=O)=O. The number of anilines is 1. The fourth-order valence-corrected chi connectivity index (χ4v) is 4.14. The lowest BCUT2D eigenvalue weighted by Crippen LogP contribution is -2.16. The van der Waals surface area contributed by atoms with Crippen molar-refractivity contribution in [2.45, 2.75) is 16.8 Å². The van der Waals surface area contributed by atoms with Crippen LogP contribution in [0.1, 0.15) is 5.56 Å². The molecule has 0 saturated heterocycles. The Hall–Kier alpha value is -1.43. The lowest BCUT2D eigenvalue weighted by Gasteiger charge is -2.11. The third kappa shape index (κ3) is 3.43. The molecule has 4 N–H and O–H groups in total. The fraction of sp³-hybridized carbons (Fsp3) is 0.100. The summed E-state index contributed by atoms with van der Waals surface area (Å²) < 4.78 is 49.5. The molecule has 0 fully saturated rings. The zero-order chi connectivity index (χ0) is 15.8. The normalized spacial score (nSPS) is 12.3. The van der Waals surface area contributed by atoms with Gasteiger partial charge in [-0.1, -0.05) is 0 Å². The largest absolute Gasteiger partial charge is 0.278 e. The molecule has 8 nitrogen and oxygen atoms in total. The number of aromatic amines is 1. The van der Waals surface area contributed by atoms with Crippen LogP contribution in [0.3, 0.4) is 0 Å². The molecule has 11 heteroatoms. The highest BCUT2D eigenvalue weighted by molar-refractivity contribution is 9.10. The summed E-state index contributed by atoms with van der Waals surface area (Å²) in [5.41, 5.74) is 0.512. The first-order valence-corrected chi connectivity index (χ1v) is 9.28. The van der Waals surface area contributed by atoms with Gasteiger partial charge in [0.1, 0.15) is 0 Å². The van der Waals surface area contributed by atoms with E-state index in [1.165, 1.54) is 31.3 Å². The summed E-state index contributed by atoms with van der Waals surface area (Å²) in [5, 5.41) is 10.9. The van der Waals surface area contributed by atoms with Gasteiger partial charge < -0.3 is 0 Å². The summed E-state index contributed by atoms with van der Waals surface area (Å²) in [6.07, 6.45) is 1.30. The predicted octanol–water partition coefficient (Wildman–Crippen LogP) is 0.929. The van der Waals surface area contributed by atoms with Crippen LogP contribution in [0.15, 0.2) is 38.8 Å². The van der Waals surface area contributed by atoms with Gasteiger partial charge in [0, 0.05) is 4.47 Å². The van der Waals surface area contributed by atoms with Gasteiger partial charge in [0.25, 0.3) is 10.0 Å². The number of rotatable bonds is 4. The van der Waals surface area contributed by atoms with Crippen LogP contribution in [0.5, 0.6) is 0 Å². The molecule has 1 aromatic carbocycles. The van der Waals surface area contributed by atoms with Crippen LogP contribution in [0.4, 0.5) is 5.69 Å². The van der Waals surface area contributed by atoms with E-state index in [1.807, 2.05) is 0 Å². The van der Waals surface area contributed by atoms with Crippen molar-refractivity contribution in [2.75, 3.05) is 4.72 Å². The summed E-state index contributed by atoms with van der Waals surface area (Å²) in [6, 6.07) is 3.91. The first-order chi connectivity index (χ1) is 9.61. The molecule has 0 aliphatic rings. The smallest absolute Gasteiger partial charge is 0.277 e. The molecule has 0 bridgehead atoms. The predicted molar refractivity (Wildman–Crippen MR) is 79.6 cm³/mol. The highest BCUT2D eigenvalue weighted by Gasteiger charge is 2.20. The van der Waals surface area contributed by atoms with E-state index < -0.39 is 20.0 Å². The van der Waals surface area contributed by atoms with Gasteiger partial charge in [-0.3, -0.25) is 9.82 Å². The average Bonchev–Trinajstić information content (AvgIpc) is 2.86. The Bertz CT molecular complexity index is 876. The number of sulfonamides is 2. The molecular weight excluding hydrogens is 384 g/mol. The molecule has 0 radical (unpaired) electrons. The fourth-order valence-electron chi connectivity index (χ4n) is 1.64. The molecule has 2 rings (SSSR count). The van der Waals surface area contributed by atoms with Crippen molar-refractivity contribution in [3.05, 3.63) is 34.4 Å². The van der Waals surface area contributed by atoms with Crippen molar-refractivity contribution in [1.29, 1.82) is 0 Å². The number of primary sulfonamides is 1. The number of nitrogens with zero attached hydrogens (tertiary/aromatic N) is 1. The second-order valence-corrected chi connectivity index (χ2v) is 8.20. The Kier molecular flexibility index (Phi) is 4.10. The molecule has 0 spiro atoms. The van der Waals surface area contributed by atoms with Gasteiger partial charge in [-0.15, -0.1) is 0 Å². The minimum Gasteiger partial charge on any atom is -0.277 e.